The van der Waals surface area contributed by atoms with E-state index in [2.05, 4.69) is 47.1 Å². The number of pyridine rings is 1. The third-order valence-corrected chi connectivity index (χ3v) is 16.3. The van der Waals surface area contributed by atoms with Gasteiger partial charge in [-0.2, -0.15) is 15.1 Å². The van der Waals surface area contributed by atoms with Crippen LogP contribution >= 0.6 is 0 Å². The summed E-state index contributed by atoms with van der Waals surface area (Å²) in [5.41, 5.74) is 8.84. The monoisotopic (exact) mass is 1080 g/mol. The van der Waals surface area contributed by atoms with Crippen LogP contribution in [0.4, 0.5) is 10.2 Å². The Hall–Kier alpha value is -7.91. The van der Waals surface area contributed by atoms with E-state index in [4.69, 9.17) is 24.2 Å². The number of β-amino-alcohol motifs (C(OH)–C–C–N with tert-alkyl or cyclic N) is 1. The number of piperazine rings is 1. The Morgan fingerprint density at radius 1 is 0.912 bits per heavy atom. The Bertz CT molecular complexity index is 3570. The summed E-state index contributed by atoms with van der Waals surface area (Å²) < 4.78 is 36.6. The number of aliphatic hydroxyl groups excluding tert-OH is 2. The molecule has 0 unspecified atom stereocenters. The van der Waals surface area contributed by atoms with E-state index in [0.717, 1.165) is 82.3 Å². The number of fused-ring (bicyclic) bond motifs is 4. The zero-order valence-electron chi connectivity index (χ0n) is 45.3. The summed E-state index contributed by atoms with van der Waals surface area (Å²) in [6, 6.07) is 21.0. The number of methoxy groups -OCH3 is 1. The summed E-state index contributed by atoms with van der Waals surface area (Å²) in [5.74, 6) is -0.0101. The lowest BCUT2D eigenvalue weighted by molar-refractivity contribution is -0.142. The molecule has 7 atom stereocenters. The molecule has 4 aliphatic rings. The smallest absolute Gasteiger partial charge is 0.319 e. The van der Waals surface area contributed by atoms with Crippen LogP contribution < -0.4 is 25.0 Å². The number of anilines is 1. The van der Waals surface area contributed by atoms with Gasteiger partial charge < -0.3 is 44.9 Å². The summed E-state index contributed by atoms with van der Waals surface area (Å²) >= 11 is 0. The second-order valence-corrected chi connectivity index (χ2v) is 22.1. The maximum atomic E-state index is 16.1. The van der Waals surface area contributed by atoms with Gasteiger partial charge in [0.25, 0.3) is 0 Å². The number of likely N-dealkylation sites (tertiary alicyclic amines) is 1. The SMILES string of the molecule is CO[C@@H](C)COc1nc(N2C[C@@H]3C[C@H]2CN3)c2cc(C3CC3)c(-c3c(C)c(F)cc4[nH]ncc34)c(OCc3ccc(-c4cn([C@H](C(=O)N5C[C@H](O)C[C@H]5C(=O)N[C@@H](CO)c5ccc(-c6ccncc6)cc5)C(C)C)nn4)cc3)c2n1. The first kappa shape index (κ1) is 52.8. The number of aliphatic hydroxyl groups is 2. The average Bonchev–Trinajstić information content (AvgIpc) is 3.64. The second-order valence-electron chi connectivity index (χ2n) is 22.1. The number of hydrogen-bond donors (Lipinski definition) is 5. The molecule has 12 rings (SSSR count). The Labute approximate surface area is 461 Å². The van der Waals surface area contributed by atoms with Crippen LogP contribution in [-0.4, -0.2) is 137 Å². The van der Waals surface area contributed by atoms with Crippen molar-refractivity contribution in [2.45, 2.75) is 108 Å². The number of carbonyl (C=O) groups excluding carboxylic acids is 2. The Morgan fingerprint density at radius 3 is 2.38 bits per heavy atom. The molecule has 3 aliphatic heterocycles. The first-order chi connectivity index (χ1) is 38.8. The molecule has 5 N–H and O–H groups in total. The Balaban J connectivity index is 0.823. The highest BCUT2D eigenvalue weighted by Gasteiger charge is 2.44. The van der Waals surface area contributed by atoms with Crippen LogP contribution in [0.25, 0.3) is 55.3 Å². The number of aromatic amines is 1. The molecule has 19 nitrogen and oxygen atoms in total. The fourth-order valence-electron chi connectivity index (χ4n) is 11.8. The van der Waals surface area contributed by atoms with E-state index in [1.807, 2.05) is 81.4 Å². The normalized spacial score (nSPS) is 20.0. The Kier molecular flexibility index (Phi) is 14.5. The minimum absolute atomic E-state index is 0.0398. The van der Waals surface area contributed by atoms with Gasteiger partial charge in [-0.3, -0.25) is 19.7 Å². The lowest BCUT2D eigenvalue weighted by Gasteiger charge is -2.30. The van der Waals surface area contributed by atoms with E-state index < -0.39 is 30.1 Å². The van der Waals surface area contributed by atoms with Crippen LogP contribution in [0.2, 0.25) is 0 Å². The van der Waals surface area contributed by atoms with Crippen LogP contribution in [0, 0.1) is 18.7 Å². The lowest BCUT2D eigenvalue weighted by Crippen LogP contribution is -2.50. The number of aromatic nitrogens is 8. The van der Waals surface area contributed by atoms with Crippen molar-refractivity contribution < 1.29 is 38.4 Å². The number of rotatable bonds is 19. The molecular weight excluding hydrogens is 1020 g/mol. The van der Waals surface area contributed by atoms with Gasteiger partial charge in [-0.05, 0) is 103 Å². The highest BCUT2D eigenvalue weighted by atomic mass is 19.1. The van der Waals surface area contributed by atoms with Crippen molar-refractivity contribution in [3.63, 3.8) is 0 Å². The maximum absolute atomic E-state index is 16.1. The van der Waals surface area contributed by atoms with Crippen molar-refractivity contribution in [1.29, 1.82) is 0 Å². The van der Waals surface area contributed by atoms with E-state index in [1.165, 1.54) is 15.6 Å². The zero-order valence-corrected chi connectivity index (χ0v) is 45.3. The van der Waals surface area contributed by atoms with Crippen LogP contribution in [0.5, 0.6) is 11.8 Å². The highest BCUT2D eigenvalue weighted by molar-refractivity contribution is 6.06. The summed E-state index contributed by atoms with van der Waals surface area (Å²) in [5, 5.41) is 45.8. The molecule has 20 heteroatoms. The minimum Gasteiger partial charge on any atom is -0.486 e. The van der Waals surface area contributed by atoms with Gasteiger partial charge in [0.2, 0.25) is 11.8 Å². The number of amides is 2. The van der Waals surface area contributed by atoms with Crippen molar-refractivity contribution in [1.82, 2.24) is 55.7 Å². The molecule has 3 saturated heterocycles. The largest absolute Gasteiger partial charge is 0.486 e. The van der Waals surface area contributed by atoms with E-state index >= 15 is 4.39 Å². The van der Waals surface area contributed by atoms with Gasteiger partial charge in [0, 0.05) is 85.1 Å². The van der Waals surface area contributed by atoms with E-state index in [0.29, 0.717) is 45.2 Å². The number of benzene rings is 4. The topological polar surface area (TPSA) is 231 Å². The predicted molar refractivity (Wildman–Crippen MR) is 298 cm³/mol. The predicted octanol–water partition coefficient (Wildman–Crippen LogP) is 7.37. The fraction of sp³-hybridized carbons (Fsp3) is 0.400. The molecule has 1 aliphatic carbocycles. The summed E-state index contributed by atoms with van der Waals surface area (Å²) in [7, 11) is 1.64. The molecule has 2 bridgehead atoms. The molecule has 4 aromatic heterocycles. The standard InChI is InChI=1S/C60H65FN12O7/c1-32(2)55(59(77)72-27-43(75)21-51(72)58(76)65-50(29-74)40-14-10-36(11-15-40)37-16-18-62-19-17-37)73-28-49(69-70-73)39-8-6-35(7-9-39)31-79-56-53(52-34(4)47(61)23-48-46(52)25-64-68-48)44(38-12-13-38)22-45-54(56)66-60(80-30-33(3)78-5)67-57(45)71-26-41-20-42(71)24-63-41/h6-11,14-19,22-23,25,28,32-33,38,41-43,50-51,55,63,74-75H,12-13,20-21,24,26-27,29-31H2,1-5H3,(H,64,68)(H,65,76)/t33-,41-,42-,43+,50-,51-,55-/m0/s1. The van der Waals surface area contributed by atoms with Gasteiger partial charge in [-0.15, -0.1) is 5.10 Å². The van der Waals surface area contributed by atoms with Crippen LogP contribution in [0.15, 0.2) is 97.6 Å². The molecular formula is C60H65FN12O7. The first-order valence-corrected chi connectivity index (χ1v) is 27.5. The quantitative estimate of drug-likeness (QED) is 0.0532. The van der Waals surface area contributed by atoms with Gasteiger partial charge in [0.1, 0.15) is 48.1 Å². The van der Waals surface area contributed by atoms with E-state index in [9.17, 15) is 19.8 Å². The molecule has 1 saturated carbocycles. The molecule has 0 spiro atoms. The van der Waals surface area contributed by atoms with E-state index in [1.54, 1.807) is 38.8 Å². The van der Waals surface area contributed by atoms with Gasteiger partial charge in [0.15, 0.2) is 5.75 Å². The van der Waals surface area contributed by atoms with Gasteiger partial charge in [-0.1, -0.05) is 67.6 Å². The summed E-state index contributed by atoms with van der Waals surface area (Å²) in [6.07, 6.45) is 8.74. The molecule has 4 aromatic carbocycles. The van der Waals surface area contributed by atoms with Gasteiger partial charge in [-0.25, -0.2) is 9.07 Å². The molecule has 414 valence electrons. The number of carbonyl (C=O) groups is 2. The van der Waals surface area contributed by atoms with Crippen molar-refractivity contribution >= 4 is 39.4 Å². The highest BCUT2D eigenvalue weighted by Crippen LogP contribution is 2.53. The molecule has 4 fully saturated rings. The summed E-state index contributed by atoms with van der Waals surface area (Å²) in [6.45, 7) is 9.09. The number of nitrogens with one attached hydrogen (secondary N) is 3. The van der Waals surface area contributed by atoms with Crippen molar-refractivity contribution in [2.75, 3.05) is 44.9 Å². The third kappa shape index (κ3) is 10.2. The summed E-state index contributed by atoms with van der Waals surface area (Å²) in [4.78, 5) is 46.7. The molecule has 2 amide bonds. The Morgan fingerprint density at radius 2 is 1.68 bits per heavy atom. The van der Waals surface area contributed by atoms with Gasteiger partial charge >= 0.3 is 6.01 Å². The van der Waals surface area contributed by atoms with Crippen molar-refractivity contribution in [2.24, 2.45) is 5.92 Å². The molecule has 0 radical (unpaired) electrons. The number of H-pyrrole nitrogens is 1. The molecule has 8 aromatic rings. The van der Waals surface area contributed by atoms with Crippen LogP contribution in [-0.2, 0) is 20.9 Å². The van der Waals surface area contributed by atoms with Gasteiger partial charge in [0.05, 0.1) is 42.8 Å². The number of halogens is 1. The van der Waals surface area contributed by atoms with Crippen molar-refractivity contribution in [3.8, 4) is 45.3 Å². The van der Waals surface area contributed by atoms with Crippen molar-refractivity contribution in [3.05, 3.63) is 126 Å². The fourth-order valence-corrected chi connectivity index (χ4v) is 11.8. The number of nitrogens with zero attached hydrogens (tertiary/aromatic N) is 9. The van der Waals surface area contributed by atoms with E-state index in [-0.39, 0.29) is 74.5 Å². The van der Waals surface area contributed by atoms with Crippen LogP contribution in [0.1, 0.15) is 86.7 Å². The lowest BCUT2D eigenvalue weighted by atomic mass is 9.88. The molecule has 80 heavy (non-hydrogen) atoms. The number of ether oxygens (including phenoxy) is 3. The molecule has 7 heterocycles. The first-order valence-electron chi connectivity index (χ1n) is 27.5. The number of hydrogen-bond acceptors (Lipinski definition) is 15. The van der Waals surface area contributed by atoms with Crippen LogP contribution in [0.3, 0.4) is 0 Å². The zero-order chi connectivity index (χ0) is 55.3. The minimum atomic E-state index is -0.983. The second kappa shape index (κ2) is 22.0. The maximum Gasteiger partial charge on any atom is 0.319 e. The average molecular weight is 1090 g/mol. The third-order valence-electron chi connectivity index (χ3n) is 16.3.